The van der Waals surface area contributed by atoms with Crippen LogP contribution >= 0.6 is 0 Å². The van der Waals surface area contributed by atoms with Crippen LogP contribution in [0.15, 0.2) is 48.5 Å². The van der Waals surface area contributed by atoms with E-state index < -0.39 is 10.0 Å². The molecule has 5 nitrogen and oxygen atoms in total. The van der Waals surface area contributed by atoms with Crippen LogP contribution in [0.25, 0.3) is 0 Å². The predicted octanol–water partition coefficient (Wildman–Crippen LogP) is 4.12. The van der Waals surface area contributed by atoms with Gasteiger partial charge in [0.2, 0.25) is 15.9 Å². The van der Waals surface area contributed by atoms with Gasteiger partial charge in [0.15, 0.2) is 0 Å². The number of sulfonamides is 1. The zero-order valence-electron chi connectivity index (χ0n) is 17.1. The lowest BCUT2D eigenvalue weighted by molar-refractivity contribution is -0.121. The van der Waals surface area contributed by atoms with Gasteiger partial charge in [-0.3, -0.25) is 9.10 Å². The van der Waals surface area contributed by atoms with Gasteiger partial charge in [-0.05, 0) is 44.4 Å². The van der Waals surface area contributed by atoms with Crippen LogP contribution in [-0.4, -0.2) is 27.1 Å². The smallest absolute Gasteiger partial charge is 0.232 e. The second-order valence-electron chi connectivity index (χ2n) is 7.21. The standard InChI is InChI=1S/C22H30N2O3S/c1-5-21(19-12-8-17(2)9-13-19)23-22(25)7-6-16-24(28(4,26)27)20-14-10-18(3)11-15-20/h8-15,21H,5-7,16H2,1-4H3,(H,23,25)/t21-/m0/s1. The topological polar surface area (TPSA) is 66.5 Å². The van der Waals surface area contributed by atoms with Crippen LogP contribution in [0.4, 0.5) is 5.69 Å². The minimum Gasteiger partial charge on any atom is -0.349 e. The van der Waals surface area contributed by atoms with Gasteiger partial charge in [0.05, 0.1) is 18.0 Å². The highest BCUT2D eigenvalue weighted by molar-refractivity contribution is 7.92. The number of hydrogen-bond donors (Lipinski definition) is 1. The fourth-order valence-electron chi connectivity index (χ4n) is 3.07. The van der Waals surface area contributed by atoms with Crippen molar-refractivity contribution in [3.8, 4) is 0 Å². The van der Waals surface area contributed by atoms with E-state index in [4.69, 9.17) is 0 Å². The second kappa shape index (κ2) is 9.73. The second-order valence-corrected chi connectivity index (χ2v) is 9.12. The van der Waals surface area contributed by atoms with E-state index >= 15 is 0 Å². The van der Waals surface area contributed by atoms with E-state index in [0.717, 1.165) is 17.5 Å². The van der Waals surface area contributed by atoms with E-state index in [1.54, 1.807) is 12.1 Å². The summed E-state index contributed by atoms with van der Waals surface area (Å²) < 4.78 is 25.7. The number of carbonyl (C=O) groups excluding carboxylic acids is 1. The molecule has 0 heterocycles. The maximum atomic E-state index is 12.4. The van der Waals surface area contributed by atoms with Crippen molar-refractivity contribution in [2.45, 2.75) is 46.1 Å². The molecular weight excluding hydrogens is 372 g/mol. The molecule has 0 aliphatic heterocycles. The first-order chi connectivity index (χ1) is 13.2. The van der Waals surface area contributed by atoms with Crippen molar-refractivity contribution in [3.63, 3.8) is 0 Å². The highest BCUT2D eigenvalue weighted by Gasteiger charge is 2.18. The van der Waals surface area contributed by atoms with Gasteiger partial charge in [0, 0.05) is 13.0 Å². The number of nitrogens with one attached hydrogen (secondary N) is 1. The molecular formula is C22H30N2O3S. The lowest BCUT2D eigenvalue weighted by Crippen LogP contribution is -2.33. The Labute approximate surface area is 168 Å². The molecule has 2 aromatic rings. The Morgan fingerprint density at radius 1 is 1.00 bits per heavy atom. The summed E-state index contributed by atoms with van der Waals surface area (Å²) in [5, 5.41) is 3.06. The summed E-state index contributed by atoms with van der Waals surface area (Å²) >= 11 is 0. The number of rotatable bonds is 9. The number of anilines is 1. The molecule has 28 heavy (non-hydrogen) atoms. The van der Waals surface area contributed by atoms with Crippen molar-refractivity contribution in [3.05, 3.63) is 65.2 Å². The van der Waals surface area contributed by atoms with E-state index in [2.05, 4.69) is 5.32 Å². The maximum absolute atomic E-state index is 12.4. The lowest BCUT2D eigenvalue weighted by Gasteiger charge is -2.23. The van der Waals surface area contributed by atoms with Crippen molar-refractivity contribution >= 4 is 21.6 Å². The summed E-state index contributed by atoms with van der Waals surface area (Å²) in [6.07, 6.45) is 2.72. The Morgan fingerprint density at radius 3 is 2.04 bits per heavy atom. The molecule has 1 amide bonds. The summed E-state index contributed by atoms with van der Waals surface area (Å²) in [5.41, 5.74) is 3.96. The third-order valence-electron chi connectivity index (χ3n) is 4.71. The van der Waals surface area contributed by atoms with Gasteiger partial charge < -0.3 is 5.32 Å². The van der Waals surface area contributed by atoms with Crippen molar-refractivity contribution in [1.29, 1.82) is 0 Å². The average Bonchev–Trinajstić information content (AvgIpc) is 2.64. The Hall–Kier alpha value is -2.34. The van der Waals surface area contributed by atoms with E-state index in [0.29, 0.717) is 12.1 Å². The summed E-state index contributed by atoms with van der Waals surface area (Å²) in [6, 6.07) is 15.5. The number of benzene rings is 2. The molecule has 2 aromatic carbocycles. The number of nitrogens with zero attached hydrogens (tertiary/aromatic N) is 1. The minimum absolute atomic E-state index is 0.0313. The molecule has 0 aromatic heterocycles. The molecule has 0 radical (unpaired) electrons. The summed E-state index contributed by atoms with van der Waals surface area (Å²) in [5.74, 6) is -0.0650. The molecule has 6 heteroatoms. The van der Waals surface area contributed by atoms with Crippen molar-refractivity contribution in [2.24, 2.45) is 0 Å². The van der Waals surface area contributed by atoms with Gasteiger partial charge in [-0.2, -0.15) is 0 Å². The molecule has 1 atom stereocenters. The molecule has 152 valence electrons. The van der Waals surface area contributed by atoms with Crippen LogP contribution in [-0.2, 0) is 14.8 Å². The van der Waals surface area contributed by atoms with Crippen molar-refractivity contribution in [1.82, 2.24) is 5.32 Å². The first-order valence-electron chi connectivity index (χ1n) is 9.61. The molecule has 0 saturated heterocycles. The summed E-state index contributed by atoms with van der Waals surface area (Å²) in [4.78, 5) is 12.4. The molecule has 0 unspecified atom stereocenters. The van der Waals surface area contributed by atoms with Crippen LogP contribution in [0.3, 0.4) is 0 Å². The van der Waals surface area contributed by atoms with Gasteiger partial charge in [0.25, 0.3) is 0 Å². The first kappa shape index (κ1) is 22.0. The fraction of sp³-hybridized carbons (Fsp3) is 0.409. The van der Waals surface area contributed by atoms with Gasteiger partial charge in [-0.1, -0.05) is 54.4 Å². The largest absolute Gasteiger partial charge is 0.349 e. The van der Waals surface area contributed by atoms with Gasteiger partial charge in [-0.15, -0.1) is 0 Å². The zero-order chi connectivity index (χ0) is 20.7. The lowest BCUT2D eigenvalue weighted by atomic mass is 10.0. The van der Waals surface area contributed by atoms with Crippen molar-refractivity contribution < 1.29 is 13.2 Å². The van der Waals surface area contributed by atoms with E-state index in [-0.39, 0.29) is 24.9 Å². The Bertz CT molecular complexity index is 875. The summed E-state index contributed by atoms with van der Waals surface area (Å²) in [7, 11) is -3.40. The quantitative estimate of drug-likeness (QED) is 0.686. The van der Waals surface area contributed by atoms with E-state index in [1.807, 2.05) is 57.2 Å². The molecule has 2 rings (SSSR count). The maximum Gasteiger partial charge on any atom is 0.232 e. The van der Waals surface area contributed by atoms with Crippen LogP contribution < -0.4 is 9.62 Å². The van der Waals surface area contributed by atoms with Gasteiger partial charge in [0.1, 0.15) is 0 Å². The van der Waals surface area contributed by atoms with Crippen LogP contribution in [0, 0.1) is 13.8 Å². The Balaban J connectivity index is 1.94. The molecule has 0 bridgehead atoms. The average molecular weight is 403 g/mol. The molecule has 0 fully saturated rings. The molecule has 0 aliphatic carbocycles. The van der Waals surface area contributed by atoms with E-state index in [9.17, 15) is 13.2 Å². The highest BCUT2D eigenvalue weighted by atomic mass is 32.2. The van der Waals surface area contributed by atoms with Gasteiger partial charge >= 0.3 is 0 Å². The normalized spacial score (nSPS) is 12.4. The first-order valence-corrected chi connectivity index (χ1v) is 11.5. The minimum atomic E-state index is -3.40. The fourth-order valence-corrected chi connectivity index (χ4v) is 4.03. The molecule has 0 aliphatic rings. The third kappa shape index (κ3) is 6.37. The molecule has 0 saturated carbocycles. The van der Waals surface area contributed by atoms with Crippen molar-refractivity contribution in [2.75, 3.05) is 17.1 Å². The van der Waals surface area contributed by atoms with Crippen LogP contribution in [0.1, 0.15) is 48.9 Å². The zero-order valence-corrected chi connectivity index (χ0v) is 17.9. The molecule has 1 N–H and O–H groups in total. The predicted molar refractivity (Wildman–Crippen MR) is 115 cm³/mol. The number of aryl methyl sites for hydroxylation is 2. The number of amides is 1. The van der Waals surface area contributed by atoms with Crippen LogP contribution in [0.2, 0.25) is 0 Å². The number of hydrogen-bond acceptors (Lipinski definition) is 3. The monoisotopic (exact) mass is 402 g/mol. The summed E-state index contributed by atoms with van der Waals surface area (Å²) in [6.45, 7) is 6.30. The Kier molecular flexibility index (Phi) is 7.63. The van der Waals surface area contributed by atoms with E-state index in [1.165, 1.54) is 16.1 Å². The highest BCUT2D eigenvalue weighted by Crippen LogP contribution is 2.20. The van der Waals surface area contributed by atoms with Crippen LogP contribution in [0.5, 0.6) is 0 Å². The van der Waals surface area contributed by atoms with Gasteiger partial charge in [-0.25, -0.2) is 8.42 Å². The number of carbonyl (C=O) groups is 1. The SMILES string of the molecule is CC[C@H](NC(=O)CCCN(c1ccc(C)cc1)S(C)(=O)=O)c1ccc(C)cc1. The Morgan fingerprint density at radius 2 is 1.54 bits per heavy atom. The molecule has 0 spiro atoms. The third-order valence-corrected chi connectivity index (χ3v) is 5.90.